The van der Waals surface area contributed by atoms with E-state index in [2.05, 4.69) is 25.9 Å². The van der Waals surface area contributed by atoms with Gasteiger partial charge in [0.2, 0.25) is 17.7 Å². The molecule has 0 bridgehead atoms. The molecular weight excluding hydrogens is 584 g/mol. The number of nitrogens with zero attached hydrogens (tertiary/aromatic N) is 1. The van der Waals surface area contributed by atoms with Crippen molar-refractivity contribution in [1.29, 1.82) is 0 Å². The summed E-state index contributed by atoms with van der Waals surface area (Å²) >= 11 is 0. The summed E-state index contributed by atoms with van der Waals surface area (Å²) in [5.41, 5.74) is 18.6. The van der Waals surface area contributed by atoms with E-state index >= 15 is 0 Å². The normalized spacial score (nSPS) is 13.5. The van der Waals surface area contributed by atoms with Crippen LogP contribution >= 0.6 is 0 Å². The predicted molar refractivity (Wildman–Crippen MR) is 166 cm³/mol. The first-order chi connectivity index (χ1) is 21.4. The summed E-state index contributed by atoms with van der Waals surface area (Å²) in [6.45, 7) is 0.130. The predicted octanol–water partition coefficient (Wildman–Crippen LogP) is -0.652. The molecule has 0 aliphatic carbocycles. The monoisotopic (exact) mass is 622 g/mol. The molecule has 3 rings (SSSR count). The minimum absolute atomic E-state index is 0.00499. The van der Waals surface area contributed by atoms with Gasteiger partial charge in [0.1, 0.15) is 18.1 Å². The fraction of sp³-hybridized carbons (Fsp3) is 0.333. The molecule has 1 aromatic heterocycles. The molecule has 240 valence electrons. The first-order valence-corrected chi connectivity index (χ1v) is 14.2. The van der Waals surface area contributed by atoms with Crippen molar-refractivity contribution in [2.45, 2.75) is 56.3 Å². The SMILES string of the molecule is NC(N)=NCCCC(NC(=O)C(N)CC(=O)O)C(=O)NC(Cc1ccccc1)C(=O)NC(Cc1c[nH]c2ccccc12)C(=O)O. The van der Waals surface area contributed by atoms with Gasteiger partial charge in [-0.25, -0.2) is 4.79 Å². The quantitative estimate of drug-likeness (QED) is 0.0521. The van der Waals surface area contributed by atoms with Crippen LogP contribution in [0, 0.1) is 0 Å². The van der Waals surface area contributed by atoms with Gasteiger partial charge in [-0.2, -0.15) is 0 Å². The van der Waals surface area contributed by atoms with E-state index in [-0.39, 0.29) is 38.2 Å². The Morgan fingerprint density at radius 3 is 2.09 bits per heavy atom. The number of rotatable bonds is 17. The molecule has 0 fully saturated rings. The molecule has 3 amide bonds. The topological polar surface area (TPSA) is 268 Å². The van der Waals surface area contributed by atoms with E-state index in [0.29, 0.717) is 11.1 Å². The van der Waals surface area contributed by atoms with Crippen molar-refractivity contribution in [1.82, 2.24) is 20.9 Å². The number of aromatic nitrogens is 1. The van der Waals surface area contributed by atoms with Gasteiger partial charge in [-0.3, -0.25) is 24.2 Å². The van der Waals surface area contributed by atoms with Gasteiger partial charge in [0.25, 0.3) is 0 Å². The highest BCUT2D eigenvalue weighted by molar-refractivity contribution is 5.95. The zero-order chi connectivity index (χ0) is 32.9. The zero-order valence-corrected chi connectivity index (χ0v) is 24.4. The molecule has 45 heavy (non-hydrogen) atoms. The maximum atomic E-state index is 13.6. The Labute approximate surface area is 258 Å². The number of para-hydroxylation sites is 1. The highest BCUT2D eigenvalue weighted by Crippen LogP contribution is 2.19. The molecule has 0 aliphatic heterocycles. The van der Waals surface area contributed by atoms with Crippen LogP contribution in [0.25, 0.3) is 10.9 Å². The van der Waals surface area contributed by atoms with E-state index in [9.17, 15) is 29.1 Å². The summed E-state index contributed by atoms with van der Waals surface area (Å²) in [4.78, 5) is 69.9. The number of guanidine groups is 1. The largest absolute Gasteiger partial charge is 0.481 e. The molecule has 1 heterocycles. The highest BCUT2D eigenvalue weighted by atomic mass is 16.4. The lowest BCUT2D eigenvalue weighted by Gasteiger charge is -2.25. The van der Waals surface area contributed by atoms with Crippen molar-refractivity contribution in [3.05, 3.63) is 71.9 Å². The maximum Gasteiger partial charge on any atom is 0.326 e. The number of nitrogens with two attached hydrogens (primary N) is 3. The third kappa shape index (κ3) is 10.7. The zero-order valence-electron chi connectivity index (χ0n) is 24.4. The molecule has 0 aliphatic rings. The molecular formula is C30H38N8O7. The second kappa shape index (κ2) is 16.4. The molecule has 4 atom stereocenters. The van der Waals surface area contributed by atoms with Gasteiger partial charge in [-0.05, 0) is 30.0 Å². The van der Waals surface area contributed by atoms with E-state index < -0.39 is 60.2 Å². The Balaban J connectivity index is 1.82. The number of hydrogen-bond acceptors (Lipinski definition) is 7. The number of benzene rings is 2. The van der Waals surface area contributed by atoms with Crippen LogP contribution < -0.4 is 33.2 Å². The number of amides is 3. The smallest absolute Gasteiger partial charge is 0.326 e. The van der Waals surface area contributed by atoms with E-state index in [1.165, 1.54) is 0 Å². The summed E-state index contributed by atoms with van der Waals surface area (Å²) in [6, 6.07) is 10.9. The van der Waals surface area contributed by atoms with Gasteiger partial charge in [-0.1, -0.05) is 48.5 Å². The number of aliphatic carboxylic acids is 2. The van der Waals surface area contributed by atoms with E-state index in [4.69, 9.17) is 22.3 Å². The van der Waals surface area contributed by atoms with Crippen LogP contribution in [0.3, 0.4) is 0 Å². The lowest BCUT2D eigenvalue weighted by molar-refractivity contribution is -0.142. The van der Waals surface area contributed by atoms with Crippen molar-refractivity contribution < 1.29 is 34.2 Å². The van der Waals surface area contributed by atoms with E-state index in [1.807, 2.05) is 24.3 Å². The number of fused-ring (bicyclic) bond motifs is 1. The second-order valence-corrected chi connectivity index (χ2v) is 10.4. The summed E-state index contributed by atoms with van der Waals surface area (Å²) in [7, 11) is 0. The van der Waals surface area contributed by atoms with Gasteiger partial charge in [0.05, 0.1) is 12.5 Å². The van der Waals surface area contributed by atoms with Crippen molar-refractivity contribution >= 4 is 46.5 Å². The average Bonchev–Trinajstić information content (AvgIpc) is 3.40. The fourth-order valence-electron chi connectivity index (χ4n) is 4.66. The second-order valence-electron chi connectivity index (χ2n) is 10.4. The van der Waals surface area contributed by atoms with E-state index in [0.717, 1.165) is 10.9 Å². The average molecular weight is 623 g/mol. The van der Waals surface area contributed by atoms with Crippen LogP contribution in [0.4, 0.5) is 0 Å². The molecule has 3 aromatic rings. The van der Waals surface area contributed by atoms with Crippen LogP contribution in [0.2, 0.25) is 0 Å². The molecule has 4 unspecified atom stereocenters. The number of aliphatic imine (C=N–C) groups is 1. The third-order valence-corrected chi connectivity index (χ3v) is 6.94. The summed E-state index contributed by atoms with van der Waals surface area (Å²) in [5, 5.41) is 27.4. The van der Waals surface area contributed by atoms with Gasteiger partial charge < -0.3 is 48.3 Å². The first kappa shape index (κ1) is 34.1. The summed E-state index contributed by atoms with van der Waals surface area (Å²) in [5.74, 6) is -5.14. The molecule has 0 saturated heterocycles. The van der Waals surface area contributed by atoms with Crippen molar-refractivity contribution in [2.24, 2.45) is 22.2 Å². The Morgan fingerprint density at radius 1 is 0.800 bits per heavy atom. The lowest BCUT2D eigenvalue weighted by atomic mass is 10.0. The van der Waals surface area contributed by atoms with Gasteiger partial charge >= 0.3 is 11.9 Å². The number of aromatic amines is 1. The molecule has 15 nitrogen and oxygen atoms in total. The summed E-state index contributed by atoms with van der Waals surface area (Å²) < 4.78 is 0. The van der Waals surface area contributed by atoms with Gasteiger partial charge in [0, 0.05) is 36.5 Å². The van der Waals surface area contributed by atoms with Gasteiger partial charge in [-0.15, -0.1) is 0 Å². The number of carboxylic acid groups (broad SMARTS) is 2. The fourth-order valence-corrected chi connectivity index (χ4v) is 4.66. The minimum Gasteiger partial charge on any atom is -0.481 e. The summed E-state index contributed by atoms with van der Waals surface area (Å²) in [6.07, 6.45) is 1.26. The van der Waals surface area contributed by atoms with Crippen LogP contribution in [0.1, 0.15) is 30.4 Å². The van der Waals surface area contributed by atoms with Gasteiger partial charge in [0.15, 0.2) is 5.96 Å². The first-order valence-electron chi connectivity index (χ1n) is 14.2. The van der Waals surface area contributed by atoms with Crippen LogP contribution in [0.15, 0.2) is 65.8 Å². The molecule has 0 saturated carbocycles. The van der Waals surface area contributed by atoms with Crippen LogP contribution in [-0.2, 0) is 36.8 Å². The molecule has 0 spiro atoms. The minimum atomic E-state index is -1.43. The third-order valence-electron chi connectivity index (χ3n) is 6.94. The van der Waals surface area contributed by atoms with Crippen molar-refractivity contribution in [2.75, 3.05) is 6.54 Å². The van der Waals surface area contributed by atoms with E-state index in [1.54, 1.807) is 36.5 Å². The Bertz CT molecular complexity index is 1520. The lowest BCUT2D eigenvalue weighted by Crippen LogP contribution is -2.58. The number of carboxylic acids is 2. The number of nitrogens with one attached hydrogen (secondary N) is 4. The molecule has 12 N–H and O–H groups in total. The number of H-pyrrole nitrogens is 1. The van der Waals surface area contributed by atoms with Crippen LogP contribution in [-0.4, -0.2) is 81.5 Å². The molecule has 0 radical (unpaired) electrons. The number of hydrogen-bond donors (Lipinski definition) is 9. The number of carbonyl (C=O) groups excluding carboxylic acids is 3. The Hall–Kier alpha value is -5.44. The standard InChI is InChI=1S/C30H38N8O7/c31-20(15-25(39)40)26(41)36-22(11-6-12-34-30(32)33)27(42)37-23(13-17-7-2-1-3-8-17)28(43)38-24(29(44)45)14-18-16-35-21-10-5-4-9-19(18)21/h1-5,7-10,16,20,22-24,35H,6,11-15,31H2,(H,36,41)(H,37,42)(H,38,43)(H,39,40)(H,44,45)(H4,32,33,34). The van der Waals surface area contributed by atoms with Crippen LogP contribution in [0.5, 0.6) is 0 Å². The van der Waals surface area contributed by atoms with Crippen molar-refractivity contribution in [3.63, 3.8) is 0 Å². The number of carbonyl (C=O) groups is 5. The Morgan fingerprint density at radius 2 is 1.42 bits per heavy atom. The highest BCUT2D eigenvalue weighted by Gasteiger charge is 2.31. The molecule has 2 aromatic carbocycles. The molecule has 15 heteroatoms. The Kier molecular flexibility index (Phi) is 12.4. The maximum absolute atomic E-state index is 13.6. The van der Waals surface area contributed by atoms with Crippen molar-refractivity contribution in [3.8, 4) is 0 Å².